The van der Waals surface area contributed by atoms with Gasteiger partial charge in [-0.3, -0.25) is 9.36 Å². The van der Waals surface area contributed by atoms with Crippen LogP contribution in [0.25, 0.3) is 11.4 Å². The highest BCUT2D eigenvalue weighted by atomic mass is 79.9. The van der Waals surface area contributed by atoms with E-state index in [1.165, 1.54) is 23.9 Å². The number of para-hydroxylation sites is 1. The summed E-state index contributed by atoms with van der Waals surface area (Å²) in [7, 11) is 0. The van der Waals surface area contributed by atoms with Crippen molar-refractivity contribution in [3.8, 4) is 11.4 Å². The number of allylic oxidation sites excluding steroid dienone is 1. The SMILES string of the molecule is C=CCn1c(SCC(=O)Nc2ccccc2F)nnc1-c1ccc(Br)cc1. The molecule has 138 valence electrons. The fraction of sp³-hybridized carbons (Fsp3) is 0.105. The summed E-state index contributed by atoms with van der Waals surface area (Å²) >= 11 is 4.65. The van der Waals surface area contributed by atoms with Crippen molar-refractivity contribution in [2.24, 2.45) is 0 Å². The molecule has 8 heteroatoms. The molecule has 1 amide bonds. The Morgan fingerprint density at radius 3 is 2.67 bits per heavy atom. The van der Waals surface area contributed by atoms with Crippen molar-refractivity contribution >= 4 is 39.3 Å². The Balaban J connectivity index is 1.73. The second kappa shape index (κ2) is 8.96. The summed E-state index contributed by atoms with van der Waals surface area (Å²) in [5.74, 6) is -0.00436. The van der Waals surface area contributed by atoms with E-state index >= 15 is 0 Å². The van der Waals surface area contributed by atoms with Gasteiger partial charge in [0.15, 0.2) is 11.0 Å². The highest BCUT2D eigenvalue weighted by molar-refractivity contribution is 9.10. The third-order valence-electron chi connectivity index (χ3n) is 3.61. The lowest BCUT2D eigenvalue weighted by Gasteiger charge is -2.08. The van der Waals surface area contributed by atoms with Crippen LogP contribution in [0, 0.1) is 5.82 Å². The van der Waals surface area contributed by atoms with Crippen LogP contribution in [0.5, 0.6) is 0 Å². The zero-order valence-corrected chi connectivity index (χ0v) is 16.6. The Morgan fingerprint density at radius 1 is 1.22 bits per heavy atom. The van der Waals surface area contributed by atoms with Gasteiger partial charge in [-0.1, -0.05) is 58.0 Å². The van der Waals surface area contributed by atoms with Crippen molar-refractivity contribution in [1.29, 1.82) is 0 Å². The maximum absolute atomic E-state index is 13.6. The van der Waals surface area contributed by atoms with Crippen molar-refractivity contribution < 1.29 is 9.18 Å². The number of nitrogens with zero attached hydrogens (tertiary/aromatic N) is 3. The minimum atomic E-state index is -0.469. The Hall–Kier alpha value is -2.45. The Bertz CT molecular complexity index is 959. The largest absolute Gasteiger partial charge is 0.323 e. The number of anilines is 1. The number of nitrogens with one attached hydrogen (secondary N) is 1. The molecular weight excluding hydrogens is 431 g/mol. The second-order valence-electron chi connectivity index (χ2n) is 5.53. The van der Waals surface area contributed by atoms with Gasteiger partial charge in [0.25, 0.3) is 0 Å². The van der Waals surface area contributed by atoms with Crippen molar-refractivity contribution in [2.75, 3.05) is 11.1 Å². The van der Waals surface area contributed by atoms with E-state index in [4.69, 9.17) is 0 Å². The average molecular weight is 447 g/mol. The first-order chi connectivity index (χ1) is 13.1. The summed E-state index contributed by atoms with van der Waals surface area (Å²) in [6, 6.07) is 13.8. The van der Waals surface area contributed by atoms with Crippen LogP contribution in [0.15, 0.2) is 70.8 Å². The van der Waals surface area contributed by atoms with Gasteiger partial charge in [0.1, 0.15) is 5.82 Å². The van der Waals surface area contributed by atoms with Gasteiger partial charge in [0.2, 0.25) is 5.91 Å². The van der Waals surface area contributed by atoms with Crippen LogP contribution in [-0.4, -0.2) is 26.4 Å². The van der Waals surface area contributed by atoms with Gasteiger partial charge >= 0.3 is 0 Å². The monoisotopic (exact) mass is 446 g/mol. The van der Waals surface area contributed by atoms with Gasteiger partial charge in [-0.15, -0.1) is 16.8 Å². The van der Waals surface area contributed by atoms with Gasteiger partial charge in [-0.05, 0) is 24.3 Å². The Kier molecular flexibility index (Phi) is 6.41. The van der Waals surface area contributed by atoms with Crippen LogP contribution >= 0.6 is 27.7 Å². The van der Waals surface area contributed by atoms with E-state index in [1.54, 1.807) is 18.2 Å². The molecule has 1 N–H and O–H groups in total. The fourth-order valence-electron chi connectivity index (χ4n) is 2.38. The zero-order chi connectivity index (χ0) is 19.2. The topological polar surface area (TPSA) is 59.8 Å². The molecule has 0 saturated carbocycles. The highest BCUT2D eigenvalue weighted by Crippen LogP contribution is 2.25. The van der Waals surface area contributed by atoms with Crippen LogP contribution in [-0.2, 0) is 11.3 Å². The molecule has 1 aromatic heterocycles. The van der Waals surface area contributed by atoms with Crippen LogP contribution < -0.4 is 5.32 Å². The minimum absolute atomic E-state index is 0.0873. The number of carbonyl (C=O) groups is 1. The van der Waals surface area contributed by atoms with Gasteiger partial charge < -0.3 is 5.32 Å². The molecule has 0 aliphatic carbocycles. The van der Waals surface area contributed by atoms with E-state index in [1.807, 2.05) is 28.8 Å². The Morgan fingerprint density at radius 2 is 1.96 bits per heavy atom. The lowest BCUT2D eigenvalue weighted by molar-refractivity contribution is -0.113. The van der Waals surface area contributed by atoms with Crippen LogP contribution in [0.3, 0.4) is 0 Å². The first-order valence-corrected chi connectivity index (χ1v) is 9.83. The number of amides is 1. The first-order valence-electron chi connectivity index (χ1n) is 8.05. The van der Waals surface area contributed by atoms with Crippen molar-refractivity contribution in [2.45, 2.75) is 11.7 Å². The van der Waals surface area contributed by atoms with E-state index in [2.05, 4.69) is 38.0 Å². The van der Waals surface area contributed by atoms with E-state index in [0.29, 0.717) is 17.5 Å². The predicted molar refractivity (Wildman–Crippen MR) is 109 cm³/mol. The summed E-state index contributed by atoms with van der Waals surface area (Å²) in [6.07, 6.45) is 1.75. The third kappa shape index (κ3) is 4.84. The third-order valence-corrected chi connectivity index (χ3v) is 5.11. The summed E-state index contributed by atoms with van der Waals surface area (Å²) < 4.78 is 16.5. The summed E-state index contributed by atoms with van der Waals surface area (Å²) in [5, 5.41) is 11.6. The van der Waals surface area contributed by atoms with Crippen LogP contribution in [0.4, 0.5) is 10.1 Å². The molecule has 0 fully saturated rings. The Labute approximate surface area is 168 Å². The fourth-order valence-corrected chi connectivity index (χ4v) is 3.39. The van der Waals surface area contributed by atoms with Crippen molar-refractivity contribution in [3.63, 3.8) is 0 Å². The number of hydrogen-bond donors (Lipinski definition) is 1. The molecule has 0 radical (unpaired) electrons. The number of carbonyl (C=O) groups excluding carboxylic acids is 1. The number of benzene rings is 2. The van der Waals surface area contributed by atoms with E-state index in [0.717, 1.165) is 10.0 Å². The summed E-state index contributed by atoms with van der Waals surface area (Å²) in [5.41, 5.74) is 1.07. The molecule has 0 bridgehead atoms. The van der Waals surface area contributed by atoms with Crippen LogP contribution in [0.2, 0.25) is 0 Å². The average Bonchev–Trinajstić information content (AvgIpc) is 3.06. The molecule has 27 heavy (non-hydrogen) atoms. The smallest absolute Gasteiger partial charge is 0.234 e. The van der Waals surface area contributed by atoms with Crippen LogP contribution in [0.1, 0.15) is 0 Å². The zero-order valence-electron chi connectivity index (χ0n) is 14.2. The maximum Gasteiger partial charge on any atom is 0.234 e. The number of rotatable bonds is 7. The number of halogens is 2. The van der Waals surface area contributed by atoms with E-state index < -0.39 is 5.82 Å². The summed E-state index contributed by atoms with van der Waals surface area (Å²) in [6.45, 7) is 4.28. The standard InChI is InChI=1S/C19H16BrFN4OS/c1-2-11-25-18(13-7-9-14(20)10-8-13)23-24-19(25)27-12-17(26)22-16-6-4-3-5-15(16)21/h2-10H,1,11-12H2,(H,22,26). The molecule has 3 rings (SSSR count). The number of aromatic nitrogens is 3. The van der Waals surface area contributed by atoms with E-state index in [-0.39, 0.29) is 17.3 Å². The minimum Gasteiger partial charge on any atom is -0.323 e. The van der Waals surface area contributed by atoms with Crippen molar-refractivity contribution in [1.82, 2.24) is 14.8 Å². The molecule has 3 aromatic rings. The maximum atomic E-state index is 13.6. The molecule has 2 aromatic carbocycles. The molecule has 0 spiro atoms. The second-order valence-corrected chi connectivity index (χ2v) is 7.39. The normalized spacial score (nSPS) is 10.6. The lowest BCUT2D eigenvalue weighted by atomic mass is 10.2. The van der Waals surface area contributed by atoms with Gasteiger partial charge in [0, 0.05) is 16.6 Å². The predicted octanol–water partition coefficient (Wildman–Crippen LogP) is 4.76. The number of thioether (sulfide) groups is 1. The highest BCUT2D eigenvalue weighted by Gasteiger charge is 2.15. The molecule has 1 heterocycles. The molecular formula is C19H16BrFN4OS. The van der Waals surface area contributed by atoms with E-state index in [9.17, 15) is 9.18 Å². The lowest BCUT2D eigenvalue weighted by Crippen LogP contribution is -2.15. The first kappa shape index (κ1) is 19.3. The molecule has 0 aliphatic rings. The van der Waals surface area contributed by atoms with Gasteiger partial charge in [-0.25, -0.2) is 4.39 Å². The summed E-state index contributed by atoms with van der Waals surface area (Å²) in [4.78, 5) is 12.1. The number of hydrogen-bond acceptors (Lipinski definition) is 4. The quantitative estimate of drug-likeness (QED) is 0.419. The molecule has 5 nitrogen and oxygen atoms in total. The molecule has 0 aliphatic heterocycles. The molecule has 0 saturated heterocycles. The van der Waals surface area contributed by atoms with Crippen molar-refractivity contribution in [3.05, 3.63) is 71.5 Å². The molecule has 0 atom stereocenters. The molecule has 0 unspecified atom stereocenters. The van der Waals surface area contributed by atoms with Gasteiger partial charge in [0.05, 0.1) is 11.4 Å². The van der Waals surface area contributed by atoms with Gasteiger partial charge in [-0.2, -0.15) is 0 Å².